The highest BCUT2D eigenvalue weighted by atomic mass is 32.2. The molecule has 0 aliphatic heterocycles. The largest absolute Gasteiger partial charge is 0.496 e. The molecule has 8 nitrogen and oxygen atoms in total. The van der Waals surface area contributed by atoms with Gasteiger partial charge in [-0.05, 0) is 42.3 Å². The second-order valence-corrected chi connectivity index (χ2v) is 8.05. The van der Waals surface area contributed by atoms with Gasteiger partial charge in [-0.2, -0.15) is 0 Å². The summed E-state index contributed by atoms with van der Waals surface area (Å²) in [7, 11) is -2.01. The molecule has 0 saturated heterocycles. The van der Waals surface area contributed by atoms with Crippen molar-refractivity contribution >= 4 is 33.2 Å². The number of sulfonamides is 1. The number of carbonyl (C=O) groups excluding carboxylic acids is 2. The van der Waals surface area contributed by atoms with Crippen LogP contribution in [-0.4, -0.2) is 33.6 Å². The Hall–Kier alpha value is -3.07. The third-order valence-electron chi connectivity index (χ3n) is 3.81. The number of hydrogen-bond donors (Lipinski definition) is 3. The molecule has 150 valence electrons. The van der Waals surface area contributed by atoms with E-state index < -0.39 is 15.9 Å². The summed E-state index contributed by atoms with van der Waals surface area (Å²) < 4.78 is 30.8. The van der Waals surface area contributed by atoms with E-state index in [1.807, 2.05) is 25.1 Å². The molecule has 0 radical (unpaired) electrons. The standard InChI is InChI=1S/C19H23N3O5S/c1-12-5-6-14(9-18(12)27-3)11-20-19(24)16-10-15(21-13(2)23)7-8-17(16)22-28(4,25)26/h5-10,22H,11H2,1-4H3,(H,20,24)(H,21,23). The lowest BCUT2D eigenvalue weighted by Gasteiger charge is -2.14. The smallest absolute Gasteiger partial charge is 0.253 e. The number of methoxy groups -OCH3 is 1. The van der Waals surface area contributed by atoms with Crippen LogP contribution in [0.15, 0.2) is 36.4 Å². The quantitative estimate of drug-likeness (QED) is 0.654. The van der Waals surface area contributed by atoms with Crippen LogP contribution in [0.5, 0.6) is 5.75 Å². The highest BCUT2D eigenvalue weighted by molar-refractivity contribution is 7.92. The Kier molecular flexibility index (Phi) is 6.63. The van der Waals surface area contributed by atoms with E-state index in [0.29, 0.717) is 11.4 Å². The molecule has 0 saturated carbocycles. The summed E-state index contributed by atoms with van der Waals surface area (Å²) in [5.74, 6) is -0.0846. The van der Waals surface area contributed by atoms with Crippen molar-refractivity contribution in [2.75, 3.05) is 23.4 Å². The molecule has 0 aliphatic carbocycles. The molecule has 2 aromatic rings. The van der Waals surface area contributed by atoms with Crippen LogP contribution in [0.4, 0.5) is 11.4 Å². The maximum absolute atomic E-state index is 12.7. The average Bonchev–Trinajstić information content (AvgIpc) is 2.60. The Bertz CT molecular complexity index is 1000. The number of benzene rings is 2. The molecule has 3 N–H and O–H groups in total. The van der Waals surface area contributed by atoms with Gasteiger partial charge in [-0.15, -0.1) is 0 Å². The van der Waals surface area contributed by atoms with Crippen LogP contribution in [0.25, 0.3) is 0 Å². The molecule has 0 unspecified atom stereocenters. The highest BCUT2D eigenvalue weighted by Gasteiger charge is 2.16. The van der Waals surface area contributed by atoms with Crippen LogP contribution in [0.1, 0.15) is 28.4 Å². The number of hydrogen-bond acceptors (Lipinski definition) is 5. The van der Waals surface area contributed by atoms with Gasteiger partial charge in [0.1, 0.15) is 5.75 Å². The molecule has 0 aliphatic rings. The molecule has 28 heavy (non-hydrogen) atoms. The highest BCUT2D eigenvalue weighted by Crippen LogP contribution is 2.23. The molecule has 0 heterocycles. The molecule has 0 atom stereocenters. The summed E-state index contributed by atoms with van der Waals surface area (Å²) in [5, 5.41) is 5.32. The molecule has 0 bridgehead atoms. The van der Waals surface area contributed by atoms with Crippen molar-refractivity contribution in [2.45, 2.75) is 20.4 Å². The summed E-state index contributed by atoms with van der Waals surface area (Å²) in [6.07, 6.45) is 0.995. The van der Waals surface area contributed by atoms with E-state index in [9.17, 15) is 18.0 Å². The number of nitrogens with one attached hydrogen (secondary N) is 3. The molecule has 0 spiro atoms. The van der Waals surface area contributed by atoms with Gasteiger partial charge in [-0.1, -0.05) is 12.1 Å². The van der Waals surface area contributed by atoms with Gasteiger partial charge in [0, 0.05) is 19.2 Å². The zero-order valence-corrected chi connectivity index (χ0v) is 16.9. The van der Waals surface area contributed by atoms with Crippen LogP contribution in [0.2, 0.25) is 0 Å². The molecular weight excluding hydrogens is 382 g/mol. The third-order valence-corrected chi connectivity index (χ3v) is 4.40. The van der Waals surface area contributed by atoms with E-state index in [2.05, 4.69) is 15.4 Å². The minimum atomic E-state index is -3.58. The first-order chi connectivity index (χ1) is 13.1. The first kappa shape index (κ1) is 21.2. The summed E-state index contributed by atoms with van der Waals surface area (Å²) >= 11 is 0. The Morgan fingerprint density at radius 3 is 2.43 bits per heavy atom. The molecule has 2 amide bonds. The van der Waals surface area contributed by atoms with Gasteiger partial charge in [-0.3, -0.25) is 14.3 Å². The molecule has 9 heteroatoms. The van der Waals surface area contributed by atoms with Crippen LogP contribution >= 0.6 is 0 Å². The first-order valence-corrected chi connectivity index (χ1v) is 10.3. The normalized spacial score (nSPS) is 10.9. The van der Waals surface area contributed by atoms with Crippen LogP contribution in [0.3, 0.4) is 0 Å². The average molecular weight is 405 g/mol. The zero-order chi connectivity index (χ0) is 20.9. The van der Waals surface area contributed by atoms with Gasteiger partial charge in [-0.25, -0.2) is 8.42 Å². The van der Waals surface area contributed by atoms with Crippen molar-refractivity contribution in [1.82, 2.24) is 5.32 Å². The van der Waals surface area contributed by atoms with Gasteiger partial charge < -0.3 is 15.4 Å². The second-order valence-electron chi connectivity index (χ2n) is 6.30. The maximum atomic E-state index is 12.7. The van der Waals surface area contributed by atoms with Gasteiger partial charge in [0.15, 0.2) is 0 Å². The number of amides is 2. The van der Waals surface area contributed by atoms with Gasteiger partial charge in [0.25, 0.3) is 5.91 Å². The van der Waals surface area contributed by atoms with E-state index in [1.54, 1.807) is 7.11 Å². The minimum Gasteiger partial charge on any atom is -0.496 e. The number of carbonyl (C=O) groups is 2. The van der Waals surface area contributed by atoms with Crippen LogP contribution in [-0.2, 0) is 21.4 Å². The predicted octanol–water partition coefficient (Wildman–Crippen LogP) is 2.26. The van der Waals surface area contributed by atoms with Crippen molar-refractivity contribution in [3.63, 3.8) is 0 Å². The lowest BCUT2D eigenvalue weighted by molar-refractivity contribution is -0.114. The summed E-state index contributed by atoms with van der Waals surface area (Å²) in [6.45, 7) is 3.48. The van der Waals surface area contributed by atoms with Crippen molar-refractivity contribution < 1.29 is 22.7 Å². The number of ether oxygens (including phenoxy) is 1. The fourth-order valence-electron chi connectivity index (χ4n) is 2.55. The SMILES string of the molecule is COc1cc(CNC(=O)c2cc(NC(C)=O)ccc2NS(C)(=O)=O)ccc1C. The van der Waals surface area contributed by atoms with Crippen molar-refractivity contribution in [3.8, 4) is 5.75 Å². The zero-order valence-electron chi connectivity index (χ0n) is 16.1. The predicted molar refractivity (Wildman–Crippen MR) is 108 cm³/mol. The van der Waals surface area contributed by atoms with E-state index in [-0.39, 0.29) is 23.7 Å². The Morgan fingerprint density at radius 2 is 1.82 bits per heavy atom. The van der Waals surface area contributed by atoms with E-state index >= 15 is 0 Å². The fraction of sp³-hybridized carbons (Fsp3) is 0.263. The Labute approximate surface area is 164 Å². The molecular formula is C19H23N3O5S. The first-order valence-electron chi connectivity index (χ1n) is 8.40. The van der Waals surface area contributed by atoms with Crippen LogP contribution in [0, 0.1) is 6.92 Å². The molecule has 2 rings (SSSR count). The Morgan fingerprint density at radius 1 is 1.11 bits per heavy atom. The Balaban J connectivity index is 2.27. The number of aryl methyl sites for hydroxylation is 1. The molecule has 0 aromatic heterocycles. The fourth-order valence-corrected chi connectivity index (χ4v) is 3.13. The lowest BCUT2D eigenvalue weighted by atomic mass is 10.1. The summed E-state index contributed by atoms with van der Waals surface area (Å²) in [4.78, 5) is 24.0. The van der Waals surface area contributed by atoms with E-state index in [0.717, 1.165) is 17.4 Å². The van der Waals surface area contributed by atoms with Crippen molar-refractivity contribution in [2.24, 2.45) is 0 Å². The van der Waals surface area contributed by atoms with Gasteiger partial charge in [0.2, 0.25) is 15.9 Å². The third kappa shape index (κ3) is 5.98. The minimum absolute atomic E-state index is 0.0933. The number of rotatable bonds is 7. The van der Waals surface area contributed by atoms with Crippen molar-refractivity contribution in [1.29, 1.82) is 0 Å². The van der Waals surface area contributed by atoms with Crippen molar-refractivity contribution in [3.05, 3.63) is 53.1 Å². The van der Waals surface area contributed by atoms with E-state index in [4.69, 9.17) is 4.74 Å². The molecule has 2 aromatic carbocycles. The monoisotopic (exact) mass is 405 g/mol. The second kappa shape index (κ2) is 8.75. The van der Waals surface area contributed by atoms with Gasteiger partial charge >= 0.3 is 0 Å². The maximum Gasteiger partial charge on any atom is 0.253 e. The summed E-state index contributed by atoms with van der Waals surface area (Å²) in [5.41, 5.74) is 2.40. The topological polar surface area (TPSA) is 114 Å². The number of anilines is 2. The van der Waals surface area contributed by atoms with Gasteiger partial charge in [0.05, 0.1) is 24.6 Å². The van der Waals surface area contributed by atoms with Crippen LogP contribution < -0.4 is 20.1 Å². The molecule has 0 fully saturated rings. The lowest BCUT2D eigenvalue weighted by Crippen LogP contribution is -2.25. The van der Waals surface area contributed by atoms with E-state index in [1.165, 1.54) is 25.1 Å². The summed E-state index contributed by atoms with van der Waals surface area (Å²) in [6, 6.07) is 9.92.